The van der Waals surface area contributed by atoms with Gasteiger partial charge in [-0.2, -0.15) is 4.21 Å². The molecular weight excluding hydrogens is 239 g/mol. The Morgan fingerprint density at radius 2 is 2.00 bits per heavy atom. The third-order valence-corrected chi connectivity index (χ3v) is 1.63. The fraction of sp³-hybridized carbons (Fsp3) is 1.00. The van der Waals surface area contributed by atoms with E-state index in [1.54, 1.807) is 0 Å². The molecule has 0 aliphatic heterocycles. The first kappa shape index (κ1) is 17.6. The minimum Gasteiger partial charge on any atom is -0.285 e. The van der Waals surface area contributed by atoms with Gasteiger partial charge in [-0.25, -0.2) is 0 Å². The summed E-state index contributed by atoms with van der Waals surface area (Å²) in [6, 6.07) is 0. The van der Waals surface area contributed by atoms with Crippen molar-refractivity contribution in [3.63, 3.8) is 0 Å². The van der Waals surface area contributed by atoms with E-state index in [1.165, 1.54) is 0 Å². The van der Waals surface area contributed by atoms with Crippen molar-refractivity contribution in [1.82, 2.24) is 0 Å². The first-order chi connectivity index (χ1) is 6.31. The van der Waals surface area contributed by atoms with Crippen LogP contribution in [0.4, 0.5) is 0 Å². The molecule has 0 aromatic rings. The molecule has 1 unspecified atom stereocenters. The van der Waals surface area contributed by atoms with Gasteiger partial charge in [0.1, 0.15) is 0 Å². The SMILES string of the molecule is CCCOC(O)C[CH2][Na].O=S(O)(O)=S. The first-order valence-electron chi connectivity index (χ1n) is 4.30. The molecule has 5 nitrogen and oxygen atoms in total. The Balaban J connectivity index is 0. The number of ether oxygens (including phenoxy) is 1. The second kappa shape index (κ2) is 10.7. The van der Waals surface area contributed by atoms with Gasteiger partial charge in [0.25, 0.3) is 9.05 Å². The van der Waals surface area contributed by atoms with E-state index in [0.717, 1.165) is 44.4 Å². The third kappa shape index (κ3) is 29.2. The van der Waals surface area contributed by atoms with Crippen LogP contribution in [-0.2, 0) is 25.0 Å². The molecule has 0 bridgehead atoms. The molecule has 0 saturated heterocycles. The van der Waals surface area contributed by atoms with Crippen LogP contribution in [-0.4, -0.2) is 59.2 Å². The van der Waals surface area contributed by atoms with Crippen LogP contribution < -0.4 is 0 Å². The maximum absolute atomic E-state index is 9.11. The number of aliphatic hydroxyl groups excluding tert-OH is 1. The van der Waals surface area contributed by atoms with Gasteiger partial charge in [-0.3, -0.25) is 9.11 Å². The van der Waals surface area contributed by atoms with Crippen molar-refractivity contribution in [3.8, 4) is 0 Å². The number of aliphatic hydroxyl groups is 1. The Kier molecular flexibility index (Phi) is 13.5. The van der Waals surface area contributed by atoms with Crippen LogP contribution in [0, 0.1) is 0 Å². The van der Waals surface area contributed by atoms with Gasteiger partial charge in [0.05, 0.1) is 0 Å². The summed E-state index contributed by atoms with van der Waals surface area (Å²) in [5, 5.41) is 8.98. The Hall–Kier alpha value is 1.21. The molecule has 8 heteroatoms. The normalized spacial score (nSPS) is 13.0. The van der Waals surface area contributed by atoms with E-state index in [9.17, 15) is 0 Å². The summed E-state index contributed by atoms with van der Waals surface area (Å²) in [6.07, 6.45) is 1.30. The van der Waals surface area contributed by atoms with E-state index in [1.807, 2.05) is 6.92 Å². The Bertz CT molecular complexity index is 198. The van der Waals surface area contributed by atoms with Crippen molar-refractivity contribution in [2.75, 3.05) is 6.61 Å². The van der Waals surface area contributed by atoms with E-state index in [0.29, 0.717) is 6.61 Å². The first-order valence-corrected chi connectivity index (χ1v) is 8.11. The minimum atomic E-state index is -3.83. The van der Waals surface area contributed by atoms with Crippen LogP contribution in [0.25, 0.3) is 0 Å². The van der Waals surface area contributed by atoms with Gasteiger partial charge in [0, 0.05) is 11.2 Å². The fourth-order valence-electron chi connectivity index (χ4n) is 0.584. The monoisotopic (exact) mass is 254 g/mol. The molecule has 82 valence electrons. The molecule has 0 radical (unpaired) electrons. The third-order valence-electron chi connectivity index (χ3n) is 1.05. The van der Waals surface area contributed by atoms with Gasteiger partial charge < -0.3 is 0 Å². The predicted molar refractivity (Wildman–Crippen MR) is 58.2 cm³/mol. The van der Waals surface area contributed by atoms with Gasteiger partial charge in [-0.05, 0) is 0 Å². The molecule has 0 heterocycles. The molecule has 0 spiro atoms. The minimum absolute atomic E-state index is 0.498. The summed E-state index contributed by atoms with van der Waals surface area (Å²) >= 11 is 4.62. The molecule has 0 rings (SSSR count). The summed E-state index contributed by atoms with van der Waals surface area (Å²) < 4.78 is 30.1. The number of hydrogen-bond donors (Lipinski definition) is 3. The number of rotatable bonds is 5. The second-order valence-electron chi connectivity index (χ2n) is 2.56. The maximum atomic E-state index is 9.11. The summed E-state index contributed by atoms with van der Waals surface area (Å²) in [5.74, 6) is 0. The van der Waals surface area contributed by atoms with Crippen LogP contribution in [0.3, 0.4) is 0 Å². The van der Waals surface area contributed by atoms with Crippen molar-refractivity contribution in [1.29, 1.82) is 0 Å². The predicted octanol–water partition coefficient (Wildman–Crippen LogP) is 0.387. The van der Waals surface area contributed by atoms with Crippen LogP contribution in [0.1, 0.15) is 19.8 Å². The molecule has 0 aromatic carbocycles. The molecule has 0 aromatic heterocycles. The standard InChI is InChI=1S/C6H13O2.Na.H2O3S2/c1-3-5-8-6(7)4-2;;1-5(2,3)4/h6-7H,2-5H2,1H3;;(H2,1,2,3,4). The fourth-order valence-corrected chi connectivity index (χ4v) is 1.08. The zero-order valence-electron chi connectivity index (χ0n) is 8.38. The van der Waals surface area contributed by atoms with E-state index in [4.69, 9.17) is 23.2 Å². The topological polar surface area (TPSA) is 87.0 Å². The molecule has 14 heavy (non-hydrogen) atoms. The average Bonchev–Trinajstić information content (AvgIpc) is 1.98. The molecule has 1 atom stereocenters. The Morgan fingerprint density at radius 3 is 2.29 bits per heavy atom. The smallest absolute Gasteiger partial charge is 0.263 e. The van der Waals surface area contributed by atoms with Crippen molar-refractivity contribution in [3.05, 3.63) is 0 Å². The summed E-state index contributed by atoms with van der Waals surface area (Å²) in [5.41, 5.74) is 0. The second-order valence-corrected chi connectivity index (χ2v) is 5.76. The molecule has 0 fully saturated rings. The maximum Gasteiger partial charge on any atom is 0.263 e. The van der Waals surface area contributed by atoms with Crippen LogP contribution in [0.5, 0.6) is 0 Å². The zero-order chi connectivity index (χ0) is 11.6. The van der Waals surface area contributed by atoms with Gasteiger partial charge in [-0.1, -0.05) is 0 Å². The van der Waals surface area contributed by atoms with Crippen LogP contribution in [0.15, 0.2) is 0 Å². The largest absolute Gasteiger partial charge is 0.285 e. The van der Waals surface area contributed by atoms with Crippen LogP contribution >= 0.6 is 0 Å². The van der Waals surface area contributed by atoms with Gasteiger partial charge in [0.15, 0.2) is 0 Å². The molecular formula is C6H15NaO5S2. The van der Waals surface area contributed by atoms with E-state index >= 15 is 0 Å². The zero-order valence-corrected chi connectivity index (χ0v) is 12.0. The number of hydrogen-bond acceptors (Lipinski definition) is 4. The van der Waals surface area contributed by atoms with Crippen molar-refractivity contribution in [2.45, 2.75) is 29.7 Å². The van der Waals surface area contributed by atoms with Gasteiger partial charge >= 0.3 is 74.1 Å². The average molecular weight is 254 g/mol. The Labute approximate surface area is 107 Å². The molecule has 3 N–H and O–H groups in total. The molecule has 0 aliphatic rings. The molecule has 0 aliphatic carbocycles. The molecule has 0 amide bonds. The quantitative estimate of drug-likeness (QED) is 0.486. The van der Waals surface area contributed by atoms with Crippen molar-refractivity contribution < 1.29 is 23.2 Å². The van der Waals surface area contributed by atoms with E-state index in [2.05, 4.69) is 11.2 Å². The van der Waals surface area contributed by atoms with E-state index < -0.39 is 15.3 Å². The summed E-state index contributed by atoms with van der Waals surface area (Å²) in [4.78, 5) is 0. The van der Waals surface area contributed by atoms with Crippen molar-refractivity contribution in [2.24, 2.45) is 0 Å². The Morgan fingerprint density at radius 1 is 1.57 bits per heavy atom. The van der Waals surface area contributed by atoms with E-state index in [-0.39, 0.29) is 0 Å². The van der Waals surface area contributed by atoms with Crippen LogP contribution in [0.2, 0.25) is 3.67 Å². The van der Waals surface area contributed by atoms with Gasteiger partial charge in [0.2, 0.25) is 0 Å². The summed E-state index contributed by atoms with van der Waals surface area (Å²) in [7, 11) is -3.83. The summed E-state index contributed by atoms with van der Waals surface area (Å²) in [6.45, 7) is 2.72. The van der Waals surface area contributed by atoms with Gasteiger partial charge in [-0.15, -0.1) is 0 Å². The van der Waals surface area contributed by atoms with Crippen molar-refractivity contribution >= 4 is 48.2 Å². The molecule has 0 saturated carbocycles.